The lowest BCUT2D eigenvalue weighted by Gasteiger charge is -2.52. The Morgan fingerprint density at radius 3 is 2.58 bits per heavy atom. The lowest BCUT2D eigenvalue weighted by molar-refractivity contribution is -0.264. The molecule has 7 atom stereocenters. The van der Waals surface area contributed by atoms with E-state index in [1.54, 1.807) is 18.2 Å². The fourth-order valence-electron chi connectivity index (χ4n) is 6.34. The molecule has 3 fully saturated rings. The van der Waals surface area contributed by atoms with Crippen molar-refractivity contribution in [2.75, 3.05) is 6.61 Å². The van der Waals surface area contributed by atoms with Gasteiger partial charge in [-0.2, -0.15) is 0 Å². The van der Waals surface area contributed by atoms with Gasteiger partial charge < -0.3 is 19.3 Å². The summed E-state index contributed by atoms with van der Waals surface area (Å²) in [5.74, 6) is -0.495. The van der Waals surface area contributed by atoms with E-state index in [1.165, 1.54) is 6.08 Å². The molecule has 0 spiro atoms. The molecule has 2 aliphatic heterocycles. The van der Waals surface area contributed by atoms with Crippen molar-refractivity contribution >= 4 is 29.6 Å². The van der Waals surface area contributed by atoms with Gasteiger partial charge in [0, 0.05) is 23.4 Å². The van der Waals surface area contributed by atoms with Crippen molar-refractivity contribution in [2.24, 2.45) is 23.7 Å². The van der Waals surface area contributed by atoms with Crippen LogP contribution in [0.5, 0.6) is 0 Å². The predicted octanol–water partition coefficient (Wildman–Crippen LogP) is 4.42. The maximum absolute atomic E-state index is 13.0. The Morgan fingerprint density at radius 2 is 1.94 bits per heavy atom. The SMILES string of the molecule is CC(C)[C@@]12C[C@@H](OC(=O)CO)[C@@](C)(O1)[C@@H]1CC[C@@H](C)[C@H]1[C@@H]2OC(=O)/C=C/c1ccc(Cl)cc1. The van der Waals surface area contributed by atoms with Crippen LogP contribution in [-0.2, 0) is 23.8 Å². The van der Waals surface area contributed by atoms with Crippen LogP contribution >= 0.6 is 11.6 Å². The number of rotatable bonds is 6. The molecule has 6 nitrogen and oxygen atoms in total. The van der Waals surface area contributed by atoms with Gasteiger partial charge >= 0.3 is 11.9 Å². The maximum Gasteiger partial charge on any atom is 0.332 e. The van der Waals surface area contributed by atoms with Gasteiger partial charge in [-0.25, -0.2) is 9.59 Å². The first-order chi connectivity index (χ1) is 15.6. The Bertz CT molecular complexity index is 927. The summed E-state index contributed by atoms with van der Waals surface area (Å²) in [6, 6.07) is 7.21. The highest BCUT2D eigenvalue weighted by atomic mass is 35.5. The number of aliphatic hydroxyl groups excluding tert-OH is 1. The molecule has 1 saturated carbocycles. The number of carbonyl (C=O) groups is 2. The summed E-state index contributed by atoms with van der Waals surface area (Å²) >= 11 is 5.94. The molecule has 33 heavy (non-hydrogen) atoms. The second-order valence-electron chi connectivity index (χ2n) is 10.2. The van der Waals surface area contributed by atoms with Crippen LogP contribution in [0.25, 0.3) is 6.08 Å². The molecule has 2 heterocycles. The van der Waals surface area contributed by atoms with E-state index >= 15 is 0 Å². The third kappa shape index (κ3) is 4.22. The van der Waals surface area contributed by atoms with E-state index in [9.17, 15) is 14.7 Å². The van der Waals surface area contributed by atoms with Gasteiger partial charge in [0.05, 0.1) is 0 Å². The molecule has 0 radical (unpaired) electrons. The van der Waals surface area contributed by atoms with Gasteiger partial charge in [-0.3, -0.25) is 0 Å². The van der Waals surface area contributed by atoms with Gasteiger partial charge in [0.2, 0.25) is 0 Å². The van der Waals surface area contributed by atoms with Crippen molar-refractivity contribution < 1.29 is 28.9 Å². The van der Waals surface area contributed by atoms with E-state index in [0.29, 0.717) is 17.4 Å². The normalized spacial score (nSPS) is 37.4. The zero-order chi connectivity index (χ0) is 24.0. The number of hydrogen-bond acceptors (Lipinski definition) is 6. The van der Waals surface area contributed by atoms with Crippen LogP contribution in [0.4, 0.5) is 0 Å². The van der Waals surface area contributed by atoms with Crippen molar-refractivity contribution in [1.82, 2.24) is 0 Å². The molecule has 2 saturated heterocycles. The Kier molecular flexibility index (Phi) is 6.64. The number of carbonyl (C=O) groups excluding carboxylic acids is 2. The summed E-state index contributed by atoms with van der Waals surface area (Å²) in [6.45, 7) is 7.66. The standard InChI is InChI=1S/C26H33ClO6/c1-15(2)26-13-20(31-22(30)14-28)25(4,33-26)19-11-5-16(3)23(19)24(26)32-21(29)12-8-17-6-9-18(27)10-7-17/h6-10,12,15-16,19-20,23-24,28H,5,11,13-14H2,1-4H3/b12-8+/t16-,19-,20-,23-,24+,25+,26-/m1/s1. The lowest BCUT2D eigenvalue weighted by atomic mass is 9.69. The maximum atomic E-state index is 13.0. The highest BCUT2D eigenvalue weighted by molar-refractivity contribution is 6.30. The van der Waals surface area contributed by atoms with Crippen molar-refractivity contribution in [1.29, 1.82) is 0 Å². The summed E-state index contributed by atoms with van der Waals surface area (Å²) in [5.41, 5.74) is -0.586. The zero-order valence-corrected chi connectivity index (χ0v) is 20.4. The van der Waals surface area contributed by atoms with Gasteiger partial charge in [0.15, 0.2) is 0 Å². The van der Waals surface area contributed by atoms with Gasteiger partial charge in [-0.05, 0) is 61.3 Å². The largest absolute Gasteiger partial charge is 0.457 e. The van der Waals surface area contributed by atoms with Crippen LogP contribution in [0.15, 0.2) is 30.3 Å². The van der Waals surface area contributed by atoms with Gasteiger partial charge in [0.1, 0.15) is 30.0 Å². The van der Waals surface area contributed by atoms with Crippen molar-refractivity contribution in [3.63, 3.8) is 0 Å². The molecular formula is C26H33ClO6. The van der Waals surface area contributed by atoms with Crippen LogP contribution in [-0.4, -0.2) is 47.1 Å². The molecule has 7 heteroatoms. The monoisotopic (exact) mass is 476 g/mol. The van der Waals surface area contributed by atoms with Crippen LogP contribution in [0, 0.1) is 23.7 Å². The first kappa shape index (κ1) is 24.2. The number of halogens is 1. The Morgan fingerprint density at radius 1 is 1.24 bits per heavy atom. The average molecular weight is 477 g/mol. The van der Waals surface area contributed by atoms with E-state index in [0.717, 1.165) is 18.4 Å². The molecule has 3 aliphatic rings. The van der Waals surface area contributed by atoms with Crippen LogP contribution < -0.4 is 0 Å². The number of ether oxygens (including phenoxy) is 3. The second kappa shape index (κ2) is 9.05. The topological polar surface area (TPSA) is 82.1 Å². The highest BCUT2D eigenvalue weighted by Gasteiger charge is 2.72. The highest BCUT2D eigenvalue weighted by Crippen LogP contribution is 2.63. The van der Waals surface area contributed by atoms with Crippen LogP contribution in [0.1, 0.15) is 52.5 Å². The van der Waals surface area contributed by atoms with E-state index < -0.39 is 42.0 Å². The molecule has 0 unspecified atom stereocenters. The summed E-state index contributed by atoms with van der Waals surface area (Å²) in [4.78, 5) is 25.0. The zero-order valence-electron chi connectivity index (χ0n) is 19.6. The van der Waals surface area contributed by atoms with Crippen molar-refractivity contribution in [3.05, 3.63) is 40.9 Å². The van der Waals surface area contributed by atoms with E-state index in [1.807, 2.05) is 19.1 Å². The third-order valence-electron chi connectivity index (χ3n) is 8.08. The molecule has 1 aromatic carbocycles. The summed E-state index contributed by atoms with van der Waals surface area (Å²) in [7, 11) is 0. The second-order valence-corrected chi connectivity index (χ2v) is 10.7. The Hall–Kier alpha value is -1.89. The van der Waals surface area contributed by atoms with Gasteiger partial charge in [-0.1, -0.05) is 44.5 Å². The summed E-state index contributed by atoms with van der Waals surface area (Å²) in [5, 5.41) is 9.90. The molecule has 2 bridgehead atoms. The fraction of sp³-hybridized carbons (Fsp3) is 0.615. The molecular weight excluding hydrogens is 444 g/mol. The lowest BCUT2D eigenvalue weighted by Crippen LogP contribution is -2.62. The predicted molar refractivity (Wildman–Crippen MR) is 124 cm³/mol. The van der Waals surface area contributed by atoms with Crippen LogP contribution in [0.2, 0.25) is 5.02 Å². The van der Waals surface area contributed by atoms with Gasteiger partial charge in [0.25, 0.3) is 0 Å². The third-order valence-corrected chi connectivity index (χ3v) is 8.33. The number of esters is 2. The minimum absolute atomic E-state index is 0.0291. The quantitative estimate of drug-likeness (QED) is 0.483. The first-order valence-electron chi connectivity index (χ1n) is 11.8. The van der Waals surface area contributed by atoms with E-state index in [-0.39, 0.29) is 17.8 Å². The molecule has 1 aliphatic carbocycles. The van der Waals surface area contributed by atoms with E-state index in [2.05, 4.69) is 20.8 Å². The number of benzene rings is 1. The number of fused-ring (bicyclic) bond motifs is 4. The molecule has 0 amide bonds. The summed E-state index contributed by atoms with van der Waals surface area (Å²) in [6.07, 6.45) is 4.56. The Labute approximate surface area is 200 Å². The minimum Gasteiger partial charge on any atom is -0.457 e. The molecule has 4 rings (SSSR count). The summed E-state index contributed by atoms with van der Waals surface area (Å²) < 4.78 is 18.6. The molecule has 1 aromatic rings. The van der Waals surface area contributed by atoms with Crippen molar-refractivity contribution in [3.8, 4) is 0 Å². The minimum atomic E-state index is -0.765. The molecule has 180 valence electrons. The fourth-order valence-corrected chi connectivity index (χ4v) is 6.47. The molecule has 1 N–H and O–H groups in total. The van der Waals surface area contributed by atoms with Crippen LogP contribution in [0.3, 0.4) is 0 Å². The van der Waals surface area contributed by atoms with E-state index in [4.69, 9.17) is 25.8 Å². The first-order valence-corrected chi connectivity index (χ1v) is 12.1. The van der Waals surface area contributed by atoms with Gasteiger partial charge in [-0.15, -0.1) is 0 Å². The Balaban J connectivity index is 1.64. The smallest absolute Gasteiger partial charge is 0.332 e. The average Bonchev–Trinajstić information content (AvgIpc) is 3.29. The number of hydrogen-bond donors (Lipinski definition) is 1. The van der Waals surface area contributed by atoms with Crippen molar-refractivity contribution in [2.45, 2.75) is 70.4 Å². The number of aliphatic hydroxyl groups is 1. The molecule has 0 aromatic heterocycles.